The van der Waals surface area contributed by atoms with Crippen molar-refractivity contribution in [2.75, 3.05) is 13.1 Å². The molecule has 1 rings (SSSR count). The minimum Gasteiger partial charge on any atom is -0.309 e. The zero-order chi connectivity index (χ0) is 12.6. The van der Waals surface area contributed by atoms with Crippen molar-refractivity contribution in [3.05, 3.63) is 0 Å². The van der Waals surface area contributed by atoms with Crippen LogP contribution in [-0.4, -0.2) is 35.1 Å². The SMILES string of the molecule is C#CC(C)(C)N1CC(C)(C)NCC1C(C)C. The second-order valence-corrected chi connectivity index (χ2v) is 6.41. The fraction of sp³-hybridized carbons (Fsp3) is 0.857. The molecule has 0 saturated carbocycles. The van der Waals surface area contributed by atoms with Gasteiger partial charge in [-0.3, -0.25) is 4.90 Å². The molecule has 2 heteroatoms. The van der Waals surface area contributed by atoms with Gasteiger partial charge >= 0.3 is 0 Å². The molecule has 0 aromatic heterocycles. The Bertz CT molecular complexity index is 284. The van der Waals surface area contributed by atoms with Gasteiger partial charge in [-0.25, -0.2) is 0 Å². The molecular formula is C14H26N2. The second-order valence-electron chi connectivity index (χ2n) is 6.41. The van der Waals surface area contributed by atoms with Crippen molar-refractivity contribution < 1.29 is 0 Å². The summed E-state index contributed by atoms with van der Waals surface area (Å²) in [5.74, 6) is 3.55. The molecule has 92 valence electrons. The zero-order valence-corrected chi connectivity index (χ0v) is 11.6. The zero-order valence-electron chi connectivity index (χ0n) is 11.6. The lowest BCUT2D eigenvalue weighted by molar-refractivity contribution is 0.0168. The number of rotatable bonds is 2. The highest BCUT2D eigenvalue weighted by molar-refractivity contribution is 5.12. The molecule has 1 heterocycles. The van der Waals surface area contributed by atoms with Gasteiger partial charge in [-0.15, -0.1) is 6.42 Å². The first-order valence-electron chi connectivity index (χ1n) is 6.19. The Hall–Kier alpha value is -0.520. The van der Waals surface area contributed by atoms with E-state index in [0.717, 1.165) is 13.1 Å². The van der Waals surface area contributed by atoms with Crippen molar-refractivity contribution in [3.8, 4) is 12.3 Å². The third kappa shape index (κ3) is 2.78. The molecule has 0 bridgehead atoms. The molecule has 0 amide bonds. The van der Waals surface area contributed by atoms with Crippen LogP contribution in [0.1, 0.15) is 41.5 Å². The summed E-state index contributed by atoms with van der Waals surface area (Å²) in [6.45, 7) is 15.3. The Morgan fingerprint density at radius 3 is 2.44 bits per heavy atom. The monoisotopic (exact) mass is 222 g/mol. The predicted octanol–water partition coefficient (Wildman–Crippen LogP) is 2.11. The summed E-state index contributed by atoms with van der Waals surface area (Å²) in [7, 11) is 0. The van der Waals surface area contributed by atoms with Crippen LogP contribution in [0.15, 0.2) is 0 Å². The van der Waals surface area contributed by atoms with Gasteiger partial charge in [0.2, 0.25) is 0 Å². The topological polar surface area (TPSA) is 15.3 Å². The van der Waals surface area contributed by atoms with E-state index in [4.69, 9.17) is 6.42 Å². The summed E-state index contributed by atoms with van der Waals surface area (Å²) in [6.07, 6.45) is 5.68. The summed E-state index contributed by atoms with van der Waals surface area (Å²) in [5.41, 5.74) is -0.00613. The molecule has 0 aromatic carbocycles. The molecule has 1 aliphatic heterocycles. The summed E-state index contributed by atoms with van der Waals surface area (Å²) in [6, 6.07) is 0.527. The maximum atomic E-state index is 5.68. The highest BCUT2D eigenvalue weighted by atomic mass is 15.3. The van der Waals surface area contributed by atoms with E-state index in [-0.39, 0.29) is 11.1 Å². The minimum absolute atomic E-state index is 0.152. The van der Waals surface area contributed by atoms with Crippen molar-refractivity contribution in [1.82, 2.24) is 10.2 Å². The lowest BCUT2D eigenvalue weighted by Gasteiger charge is -2.51. The number of terminal acetylenes is 1. The maximum absolute atomic E-state index is 5.68. The Morgan fingerprint density at radius 2 is 2.00 bits per heavy atom. The lowest BCUT2D eigenvalue weighted by atomic mass is 9.88. The Labute approximate surface area is 101 Å². The van der Waals surface area contributed by atoms with Crippen molar-refractivity contribution in [1.29, 1.82) is 0 Å². The van der Waals surface area contributed by atoms with E-state index in [2.05, 4.69) is 57.7 Å². The van der Waals surface area contributed by atoms with E-state index < -0.39 is 0 Å². The van der Waals surface area contributed by atoms with Crippen LogP contribution < -0.4 is 5.32 Å². The molecule has 16 heavy (non-hydrogen) atoms. The van der Waals surface area contributed by atoms with E-state index in [1.165, 1.54) is 0 Å². The first-order valence-corrected chi connectivity index (χ1v) is 6.19. The maximum Gasteiger partial charge on any atom is 0.0769 e. The Balaban J connectivity index is 2.94. The molecular weight excluding hydrogens is 196 g/mol. The lowest BCUT2D eigenvalue weighted by Crippen LogP contribution is -2.67. The standard InChI is InChI=1S/C14H26N2/c1-8-14(6,7)16-10-13(4,5)15-9-12(16)11(2)3/h1,11-12,15H,9-10H2,2-7H3. The number of hydrogen-bond donors (Lipinski definition) is 1. The highest BCUT2D eigenvalue weighted by Crippen LogP contribution is 2.27. The van der Waals surface area contributed by atoms with Crippen LogP contribution in [0.25, 0.3) is 0 Å². The first kappa shape index (κ1) is 13.5. The second kappa shape index (κ2) is 4.39. The minimum atomic E-state index is -0.158. The van der Waals surface area contributed by atoms with E-state index in [1.54, 1.807) is 0 Å². The molecule has 1 atom stereocenters. The fourth-order valence-electron chi connectivity index (χ4n) is 2.38. The molecule has 1 fully saturated rings. The van der Waals surface area contributed by atoms with Gasteiger partial charge in [-0.05, 0) is 33.6 Å². The van der Waals surface area contributed by atoms with E-state index in [0.29, 0.717) is 12.0 Å². The highest BCUT2D eigenvalue weighted by Gasteiger charge is 2.40. The molecule has 0 radical (unpaired) electrons. The summed E-state index contributed by atoms with van der Waals surface area (Å²) in [5, 5.41) is 3.61. The number of nitrogens with one attached hydrogen (secondary N) is 1. The van der Waals surface area contributed by atoms with Crippen LogP contribution >= 0.6 is 0 Å². The largest absolute Gasteiger partial charge is 0.309 e. The van der Waals surface area contributed by atoms with Crippen LogP contribution in [0.2, 0.25) is 0 Å². The molecule has 1 N–H and O–H groups in total. The third-order valence-corrected chi connectivity index (χ3v) is 3.60. The number of hydrogen-bond acceptors (Lipinski definition) is 2. The van der Waals surface area contributed by atoms with Crippen LogP contribution in [0.5, 0.6) is 0 Å². The van der Waals surface area contributed by atoms with Crippen molar-refractivity contribution in [3.63, 3.8) is 0 Å². The van der Waals surface area contributed by atoms with Crippen molar-refractivity contribution in [2.45, 2.75) is 58.7 Å². The molecule has 1 aliphatic rings. The first-order chi connectivity index (χ1) is 7.19. The Kier molecular flexibility index (Phi) is 3.72. The smallest absolute Gasteiger partial charge is 0.0769 e. The summed E-state index contributed by atoms with van der Waals surface area (Å²) < 4.78 is 0. The average Bonchev–Trinajstić information content (AvgIpc) is 2.15. The molecule has 0 spiro atoms. The molecule has 2 nitrogen and oxygen atoms in total. The van der Waals surface area contributed by atoms with Crippen molar-refractivity contribution in [2.24, 2.45) is 5.92 Å². The van der Waals surface area contributed by atoms with E-state index in [1.807, 2.05) is 0 Å². The van der Waals surface area contributed by atoms with Gasteiger partial charge in [-0.2, -0.15) is 0 Å². The van der Waals surface area contributed by atoms with Gasteiger partial charge in [-0.1, -0.05) is 19.8 Å². The normalized spacial score (nSPS) is 26.8. The van der Waals surface area contributed by atoms with Gasteiger partial charge in [0.15, 0.2) is 0 Å². The molecule has 1 saturated heterocycles. The van der Waals surface area contributed by atoms with Crippen molar-refractivity contribution >= 4 is 0 Å². The average molecular weight is 222 g/mol. The quantitative estimate of drug-likeness (QED) is 0.720. The molecule has 1 unspecified atom stereocenters. The predicted molar refractivity (Wildman–Crippen MR) is 70.3 cm³/mol. The van der Waals surface area contributed by atoms with E-state index in [9.17, 15) is 0 Å². The van der Waals surface area contributed by atoms with Crippen LogP contribution in [0, 0.1) is 18.3 Å². The molecule has 0 aromatic rings. The number of nitrogens with zero attached hydrogens (tertiary/aromatic N) is 1. The summed E-state index contributed by atoms with van der Waals surface area (Å²) in [4.78, 5) is 2.48. The number of piperazine rings is 1. The van der Waals surface area contributed by atoms with Gasteiger partial charge in [0, 0.05) is 24.7 Å². The molecule has 0 aliphatic carbocycles. The van der Waals surface area contributed by atoms with Gasteiger partial charge in [0.1, 0.15) is 0 Å². The Morgan fingerprint density at radius 1 is 1.44 bits per heavy atom. The third-order valence-electron chi connectivity index (χ3n) is 3.60. The van der Waals surface area contributed by atoms with Gasteiger partial charge in [0.25, 0.3) is 0 Å². The van der Waals surface area contributed by atoms with E-state index >= 15 is 0 Å². The van der Waals surface area contributed by atoms with Gasteiger partial charge < -0.3 is 5.32 Å². The summed E-state index contributed by atoms with van der Waals surface area (Å²) >= 11 is 0. The fourth-order valence-corrected chi connectivity index (χ4v) is 2.38. The van der Waals surface area contributed by atoms with Crippen LogP contribution in [0.4, 0.5) is 0 Å². The van der Waals surface area contributed by atoms with Crippen LogP contribution in [-0.2, 0) is 0 Å². The van der Waals surface area contributed by atoms with Gasteiger partial charge in [0.05, 0.1) is 5.54 Å². The van der Waals surface area contributed by atoms with Crippen LogP contribution in [0.3, 0.4) is 0 Å².